The molecule has 4 nitrogen and oxygen atoms in total. The van der Waals surface area contributed by atoms with Crippen LogP contribution >= 0.6 is 66.1 Å². The fraction of sp³-hybridized carbons (Fsp3) is 0.250. The van der Waals surface area contributed by atoms with Crippen molar-refractivity contribution in [1.29, 1.82) is 0 Å². The zero-order chi connectivity index (χ0) is 13.8. The highest BCUT2D eigenvalue weighted by Gasteiger charge is 2.34. The number of phosphoric ester groups is 1. The number of rotatable bonds is 5. The fourth-order valence-electron chi connectivity index (χ4n) is 0.852. The van der Waals surface area contributed by atoms with Crippen LogP contribution < -0.4 is 4.52 Å². The van der Waals surface area contributed by atoms with Gasteiger partial charge in [0.2, 0.25) is 3.79 Å². The minimum Gasteiger partial charge on any atom is -0.402 e. The van der Waals surface area contributed by atoms with Crippen molar-refractivity contribution in [3.8, 4) is 5.75 Å². The van der Waals surface area contributed by atoms with Crippen LogP contribution in [0.2, 0.25) is 5.02 Å². The first kappa shape index (κ1) is 16.7. The molecule has 1 atom stereocenters. The Bertz CT molecular complexity index is 449. The van der Waals surface area contributed by atoms with E-state index in [1.807, 2.05) is 0 Å². The number of benzene rings is 1. The van der Waals surface area contributed by atoms with Gasteiger partial charge >= 0.3 is 7.82 Å². The Morgan fingerprint density at radius 2 is 1.83 bits per heavy atom. The molecule has 0 spiro atoms. The van der Waals surface area contributed by atoms with E-state index in [4.69, 9.17) is 67.3 Å². The molecule has 0 saturated heterocycles. The van der Waals surface area contributed by atoms with Crippen LogP contribution in [0.4, 0.5) is 0 Å². The molecule has 0 bridgehead atoms. The molecular formula is C8H6Cl5O4P. The highest BCUT2D eigenvalue weighted by molar-refractivity contribution is 7.50. The van der Waals surface area contributed by atoms with E-state index >= 15 is 0 Å². The van der Waals surface area contributed by atoms with Gasteiger partial charge in [0, 0.05) is 0 Å². The van der Waals surface area contributed by atoms with Crippen LogP contribution in [0.3, 0.4) is 0 Å². The monoisotopic (exact) mass is 372 g/mol. The number of alkyl halides is 3. The third-order valence-electron chi connectivity index (χ3n) is 1.52. The Morgan fingerprint density at radius 1 is 1.22 bits per heavy atom. The van der Waals surface area contributed by atoms with Crippen molar-refractivity contribution >= 4 is 66.1 Å². The first-order valence-electron chi connectivity index (χ1n) is 4.31. The van der Waals surface area contributed by atoms with Crippen molar-refractivity contribution in [3.05, 3.63) is 29.3 Å². The van der Waals surface area contributed by atoms with Gasteiger partial charge in [-0.1, -0.05) is 58.5 Å². The van der Waals surface area contributed by atoms with Gasteiger partial charge in [-0.3, -0.25) is 4.52 Å². The van der Waals surface area contributed by atoms with E-state index in [9.17, 15) is 4.57 Å². The van der Waals surface area contributed by atoms with Crippen molar-refractivity contribution in [2.24, 2.45) is 0 Å². The molecule has 0 aliphatic rings. The normalized spacial score (nSPS) is 15.2. The minimum absolute atomic E-state index is 0.0625. The van der Waals surface area contributed by atoms with Gasteiger partial charge in [0.05, 0.1) is 16.9 Å². The summed E-state index contributed by atoms with van der Waals surface area (Å²) in [4.78, 5) is 0. The zero-order valence-corrected chi connectivity index (χ0v) is 13.2. The third kappa shape index (κ3) is 5.72. The van der Waals surface area contributed by atoms with Crippen LogP contribution in [0.5, 0.6) is 5.75 Å². The summed E-state index contributed by atoms with van der Waals surface area (Å²) in [5.74, 6) is 0.0625. The number of hydrogen-bond acceptors (Lipinski definition) is 4. The van der Waals surface area contributed by atoms with Gasteiger partial charge in [-0.2, -0.15) is 4.08 Å². The second kappa shape index (κ2) is 6.87. The van der Waals surface area contributed by atoms with E-state index in [1.54, 1.807) is 12.1 Å². The maximum Gasteiger partial charge on any atom is 0.547 e. The summed E-state index contributed by atoms with van der Waals surface area (Å²) in [5, 5.41) is 0.198. The molecular weight excluding hydrogens is 368 g/mol. The van der Waals surface area contributed by atoms with Crippen LogP contribution in [0.25, 0.3) is 0 Å². The second-order valence-corrected chi connectivity index (χ2v) is 7.74. The number of para-hydroxylation sites is 1. The van der Waals surface area contributed by atoms with Gasteiger partial charge < -0.3 is 4.52 Å². The molecule has 0 aliphatic heterocycles. The molecule has 0 N–H and O–H groups in total. The lowest BCUT2D eigenvalue weighted by Gasteiger charge is -2.18. The second-order valence-electron chi connectivity index (χ2n) is 2.93. The van der Waals surface area contributed by atoms with E-state index in [2.05, 4.69) is 4.08 Å². The summed E-state index contributed by atoms with van der Waals surface area (Å²) in [6.45, 7) is -0.536. The van der Waals surface area contributed by atoms with Gasteiger partial charge in [0.1, 0.15) is 12.4 Å². The van der Waals surface area contributed by atoms with E-state index in [-0.39, 0.29) is 10.8 Å². The van der Waals surface area contributed by atoms with Crippen molar-refractivity contribution in [2.75, 3.05) is 6.61 Å². The third-order valence-corrected chi connectivity index (χ3v) is 3.70. The average Bonchev–Trinajstić information content (AvgIpc) is 2.29. The van der Waals surface area contributed by atoms with Gasteiger partial charge in [-0.15, -0.1) is 0 Å². The van der Waals surface area contributed by atoms with Crippen molar-refractivity contribution < 1.29 is 17.7 Å². The topological polar surface area (TPSA) is 44.8 Å². The lowest BCUT2D eigenvalue weighted by atomic mass is 10.3. The quantitative estimate of drug-likeness (QED) is 0.512. The van der Waals surface area contributed by atoms with E-state index in [0.29, 0.717) is 0 Å². The van der Waals surface area contributed by atoms with Crippen LogP contribution in [0, 0.1) is 0 Å². The smallest absolute Gasteiger partial charge is 0.402 e. The first-order valence-corrected chi connectivity index (χ1v) is 7.60. The molecule has 102 valence electrons. The van der Waals surface area contributed by atoms with Crippen molar-refractivity contribution in [1.82, 2.24) is 0 Å². The van der Waals surface area contributed by atoms with Gasteiger partial charge in [0.15, 0.2) is 0 Å². The predicted octanol–water partition coefficient (Wildman–Crippen LogP) is 5.38. The summed E-state index contributed by atoms with van der Waals surface area (Å²) in [7, 11) is -4.12. The Balaban J connectivity index is 2.77. The molecule has 0 heterocycles. The molecule has 18 heavy (non-hydrogen) atoms. The maximum absolute atomic E-state index is 11.9. The van der Waals surface area contributed by atoms with Crippen molar-refractivity contribution in [2.45, 2.75) is 3.79 Å². The predicted molar refractivity (Wildman–Crippen MR) is 72.9 cm³/mol. The van der Waals surface area contributed by atoms with Crippen LogP contribution in [0.1, 0.15) is 0 Å². The molecule has 1 aromatic rings. The van der Waals surface area contributed by atoms with Gasteiger partial charge in [0.25, 0.3) is 0 Å². The molecule has 10 heteroatoms. The van der Waals surface area contributed by atoms with Crippen LogP contribution in [-0.4, -0.2) is 10.4 Å². The van der Waals surface area contributed by atoms with Crippen LogP contribution in [-0.2, 0) is 13.2 Å². The highest BCUT2D eigenvalue weighted by atomic mass is 35.6. The summed E-state index contributed by atoms with van der Waals surface area (Å²) < 4.78 is 24.0. The Kier molecular flexibility index (Phi) is 6.36. The van der Waals surface area contributed by atoms with Gasteiger partial charge in [-0.25, -0.2) is 4.57 Å². The number of halogens is 5. The maximum atomic E-state index is 11.9. The first-order chi connectivity index (χ1) is 8.26. The van der Waals surface area contributed by atoms with Gasteiger partial charge in [-0.05, 0) is 12.1 Å². The van der Waals surface area contributed by atoms with Crippen LogP contribution in [0.15, 0.2) is 24.3 Å². The molecule has 0 fully saturated rings. The largest absolute Gasteiger partial charge is 0.547 e. The highest BCUT2D eigenvalue weighted by Crippen LogP contribution is 2.53. The van der Waals surface area contributed by atoms with Crippen molar-refractivity contribution in [3.63, 3.8) is 0 Å². The molecule has 1 aromatic carbocycles. The molecule has 1 unspecified atom stereocenters. The van der Waals surface area contributed by atoms with E-state index < -0.39 is 18.2 Å². The summed E-state index contributed by atoms with van der Waals surface area (Å²) in [5.41, 5.74) is 0. The van der Waals surface area contributed by atoms with E-state index in [0.717, 1.165) is 0 Å². The Morgan fingerprint density at radius 3 is 2.33 bits per heavy atom. The number of phosphoric acid groups is 1. The lowest BCUT2D eigenvalue weighted by Crippen LogP contribution is -2.13. The molecule has 0 radical (unpaired) electrons. The molecule has 0 aliphatic carbocycles. The molecule has 0 amide bonds. The summed E-state index contributed by atoms with van der Waals surface area (Å²) in [6, 6.07) is 6.23. The summed E-state index contributed by atoms with van der Waals surface area (Å²) >= 11 is 27.2. The van der Waals surface area contributed by atoms with E-state index in [1.165, 1.54) is 12.1 Å². The fourth-order valence-corrected chi connectivity index (χ4v) is 2.55. The minimum atomic E-state index is -4.12. The Hall–Kier alpha value is 0.620. The molecule has 0 aromatic heterocycles. The lowest BCUT2D eigenvalue weighted by molar-refractivity contribution is 0.218. The standard InChI is InChI=1S/C8H6Cl5O4P/c9-6-3-1-2-4-7(6)16-18(14,17-13)15-5-8(10,11)12/h1-4H,5H2. The molecule has 0 saturated carbocycles. The number of hydrogen-bond donors (Lipinski definition) is 0. The molecule has 1 rings (SSSR count). The average molecular weight is 374 g/mol. The zero-order valence-electron chi connectivity index (χ0n) is 8.49. The Labute approximate surface area is 129 Å². The SMILES string of the molecule is O=P(OCl)(OCC(Cl)(Cl)Cl)Oc1ccccc1Cl. The summed E-state index contributed by atoms with van der Waals surface area (Å²) in [6.07, 6.45) is 0.